The van der Waals surface area contributed by atoms with E-state index in [1.165, 1.54) is 6.92 Å². The van der Waals surface area contributed by atoms with E-state index in [9.17, 15) is 29.7 Å². The van der Waals surface area contributed by atoms with E-state index in [1.807, 2.05) is 0 Å². The summed E-state index contributed by atoms with van der Waals surface area (Å²) in [5.74, 6) is -5.60. The number of ketones is 3. The molecule has 1 aliphatic carbocycles. The predicted molar refractivity (Wildman–Crippen MR) is 69.8 cm³/mol. The standard InChI is InChI=1S/C14H12O7/c1-4-6(5(2)15)10(17)8-7(9(4)16)12(19)14(21-3)13(20)11(8)18/h16-17,20H,1-3H3. The van der Waals surface area contributed by atoms with E-state index in [0.29, 0.717) is 0 Å². The molecule has 0 saturated heterocycles. The number of ether oxygens (including phenoxy) is 1. The molecular formula is C14H12O7. The van der Waals surface area contributed by atoms with Crippen molar-refractivity contribution >= 4 is 17.3 Å². The summed E-state index contributed by atoms with van der Waals surface area (Å²) in [6.45, 7) is 2.47. The molecule has 21 heavy (non-hydrogen) atoms. The summed E-state index contributed by atoms with van der Waals surface area (Å²) in [6, 6.07) is 0. The Labute approximate surface area is 119 Å². The Morgan fingerprint density at radius 1 is 1.00 bits per heavy atom. The van der Waals surface area contributed by atoms with Crippen LogP contribution in [0.4, 0.5) is 0 Å². The van der Waals surface area contributed by atoms with Gasteiger partial charge in [-0.1, -0.05) is 0 Å². The molecule has 110 valence electrons. The third-order valence-electron chi connectivity index (χ3n) is 3.34. The highest BCUT2D eigenvalue weighted by molar-refractivity contribution is 6.28. The lowest BCUT2D eigenvalue weighted by atomic mass is 9.85. The van der Waals surface area contributed by atoms with Gasteiger partial charge in [-0.05, 0) is 13.8 Å². The predicted octanol–water partition coefficient (Wildman–Crippen LogP) is 1.40. The Morgan fingerprint density at radius 3 is 2.00 bits per heavy atom. The lowest BCUT2D eigenvalue weighted by Crippen LogP contribution is -2.24. The summed E-state index contributed by atoms with van der Waals surface area (Å²) in [7, 11) is 1.08. The van der Waals surface area contributed by atoms with Gasteiger partial charge < -0.3 is 20.1 Å². The zero-order valence-corrected chi connectivity index (χ0v) is 11.5. The van der Waals surface area contributed by atoms with Crippen LogP contribution in [-0.4, -0.2) is 39.8 Å². The van der Waals surface area contributed by atoms with E-state index in [0.717, 1.165) is 14.0 Å². The minimum atomic E-state index is -1.10. The number of carbonyl (C=O) groups excluding carboxylic acids is 3. The van der Waals surface area contributed by atoms with Crippen molar-refractivity contribution in [2.45, 2.75) is 13.8 Å². The molecule has 0 aliphatic heterocycles. The maximum Gasteiger partial charge on any atom is 0.236 e. The number of fused-ring (bicyclic) bond motifs is 1. The second-order valence-corrected chi connectivity index (χ2v) is 4.54. The van der Waals surface area contributed by atoms with Gasteiger partial charge in [0.1, 0.15) is 11.5 Å². The highest BCUT2D eigenvalue weighted by Crippen LogP contribution is 2.42. The maximum absolute atomic E-state index is 12.2. The first-order valence-corrected chi connectivity index (χ1v) is 5.90. The van der Waals surface area contributed by atoms with Gasteiger partial charge in [-0.25, -0.2) is 0 Å². The van der Waals surface area contributed by atoms with E-state index in [1.54, 1.807) is 0 Å². The van der Waals surface area contributed by atoms with E-state index < -0.39 is 51.5 Å². The summed E-state index contributed by atoms with van der Waals surface area (Å²) in [5.41, 5.74) is -1.40. The van der Waals surface area contributed by atoms with Crippen molar-refractivity contribution in [1.29, 1.82) is 0 Å². The molecule has 1 aromatic carbocycles. The minimum absolute atomic E-state index is 0.0308. The van der Waals surface area contributed by atoms with Crippen LogP contribution >= 0.6 is 0 Å². The molecule has 0 atom stereocenters. The number of aromatic hydroxyl groups is 2. The number of hydrogen-bond acceptors (Lipinski definition) is 7. The largest absolute Gasteiger partial charge is 0.507 e. The number of aliphatic hydroxyl groups excluding tert-OH is 1. The average Bonchev–Trinajstić information content (AvgIpc) is 2.40. The Kier molecular flexibility index (Phi) is 3.21. The molecule has 0 amide bonds. The van der Waals surface area contributed by atoms with Crippen LogP contribution in [0.3, 0.4) is 0 Å². The number of hydrogen-bond donors (Lipinski definition) is 3. The van der Waals surface area contributed by atoms with Crippen LogP contribution in [0.25, 0.3) is 0 Å². The number of phenolic OH excluding ortho intramolecular Hbond substituents is 2. The number of phenols is 2. The van der Waals surface area contributed by atoms with E-state index in [-0.39, 0.29) is 11.1 Å². The van der Waals surface area contributed by atoms with Crippen molar-refractivity contribution in [1.82, 2.24) is 0 Å². The molecule has 0 fully saturated rings. The number of methoxy groups -OCH3 is 1. The van der Waals surface area contributed by atoms with Crippen LogP contribution in [0.1, 0.15) is 43.6 Å². The fourth-order valence-corrected chi connectivity index (χ4v) is 2.35. The maximum atomic E-state index is 12.2. The number of rotatable bonds is 2. The zero-order valence-electron chi connectivity index (χ0n) is 11.5. The fraction of sp³-hybridized carbons (Fsp3) is 0.214. The van der Waals surface area contributed by atoms with Crippen LogP contribution in [-0.2, 0) is 4.74 Å². The minimum Gasteiger partial charge on any atom is -0.507 e. The third-order valence-corrected chi connectivity index (χ3v) is 3.34. The Morgan fingerprint density at radius 2 is 1.52 bits per heavy atom. The van der Waals surface area contributed by atoms with Gasteiger partial charge in [0.15, 0.2) is 5.78 Å². The molecule has 1 aromatic rings. The van der Waals surface area contributed by atoms with Gasteiger partial charge in [-0.3, -0.25) is 14.4 Å². The van der Waals surface area contributed by atoms with Crippen molar-refractivity contribution in [2.24, 2.45) is 0 Å². The van der Waals surface area contributed by atoms with Crippen molar-refractivity contribution in [3.05, 3.63) is 33.8 Å². The Bertz CT molecular complexity index is 740. The number of Topliss-reactive ketones (excluding diaryl/α,β-unsaturated/α-hetero) is 3. The molecule has 0 bridgehead atoms. The van der Waals surface area contributed by atoms with E-state index in [2.05, 4.69) is 4.74 Å². The third kappa shape index (κ3) is 1.78. The van der Waals surface area contributed by atoms with Crippen molar-refractivity contribution in [3.8, 4) is 11.5 Å². The van der Waals surface area contributed by atoms with E-state index >= 15 is 0 Å². The highest BCUT2D eigenvalue weighted by Gasteiger charge is 2.40. The molecule has 0 spiro atoms. The van der Waals surface area contributed by atoms with Crippen LogP contribution in [0.5, 0.6) is 11.5 Å². The number of benzene rings is 1. The van der Waals surface area contributed by atoms with Crippen LogP contribution in [0.2, 0.25) is 0 Å². The molecule has 3 N–H and O–H groups in total. The number of allylic oxidation sites excluding steroid dienone is 2. The first-order chi connectivity index (χ1) is 9.73. The average molecular weight is 292 g/mol. The molecule has 0 heterocycles. The van der Waals surface area contributed by atoms with E-state index in [4.69, 9.17) is 0 Å². The van der Waals surface area contributed by atoms with Gasteiger partial charge >= 0.3 is 0 Å². The van der Waals surface area contributed by atoms with Crippen LogP contribution in [0.15, 0.2) is 11.5 Å². The molecular weight excluding hydrogens is 280 g/mol. The van der Waals surface area contributed by atoms with Crippen molar-refractivity contribution in [2.75, 3.05) is 7.11 Å². The number of aliphatic hydroxyl groups is 1. The number of carbonyl (C=O) groups is 3. The molecule has 1 aliphatic rings. The normalized spacial score (nSPS) is 14.2. The molecule has 0 saturated carbocycles. The zero-order chi connectivity index (χ0) is 16.1. The SMILES string of the molecule is COC1=C(O)C(=O)c2c(O)c(C(C)=O)c(C)c(O)c2C1=O. The monoisotopic (exact) mass is 292 g/mol. The summed E-state index contributed by atoms with van der Waals surface area (Å²) < 4.78 is 4.65. The van der Waals surface area contributed by atoms with Gasteiger partial charge in [-0.2, -0.15) is 0 Å². The smallest absolute Gasteiger partial charge is 0.236 e. The second kappa shape index (κ2) is 4.62. The van der Waals surface area contributed by atoms with Gasteiger partial charge in [-0.15, -0.1) is 0 Å². The topological polar surface area (TPSA) is 121 Å². The first kappa shape index (κ1) is 14.6. The van der Waals surface area contributed by atoms with Gasteiger partial charge in [0.2, 0.25) is 23.1 Å². The quantitative estimate of drug-likeness (QED) is 0.556. The second-order valence-electron chi connectivity index (χ2n) is 4.54. The van der Waals surface area contributed by atoms with Gasteiger partial charge in [0.25, 0.3) is 0 Å². The summed E-state index contributed by atoms with van der Waals surface area (Å²) >= 11 is 0. The molecule has 7 nitrogen and oxygen atoms in total. The van der Waals surface area contributed by atoms with Crippen molar-refractivity contribution in [3.63, 3.8) is 0 Å². The molecule has 0 radical (unpaired) electrons. The highest BCUT2D eigenvalue weighted by atomic mass is 16.5. The fourth-order valence-electron chi connectivity index (χ4n) is 2.35. The first-order valence-electron chi connectivity index (χ1n) is 5.90. The summed E-state index contributed by atoms with van der Waals surface area (Å²) in [4.78, 5) is 35.8. The van der Waals surface area contributed by atoms with Crippen LogP contribution in [0, 0.1) is 6.92 Å². The van der Waals surface area contributed by atoms with Gasteiger partial charge in [0.05, 0.1) is 23.8 Å². The lowest BCUT2D eigenvalue weighted by Gasteiger charge is -2.21. The molecule has 7 heteroatoms. The van der Waals surface area contributed by atoms with Crippen LogP contribution < -0.4 is 0 Å². The lowest BCUT2D eigenvalue weighted by molar-refractivity contribution is 0.0849. The molecule has 0 aromatic heterocycles. The summed E-state index contributed by atoms with van der Waals surface area (Å²) in [6.07, 6.45) is 0. The van der Waals surface area contributed by atoms with Gasteiger partial charge in [0, 0.05) is 5.56 Å². The van der Waals surface area contributed by atoms with Crippen molar-refractivity contribution < 1.29 is 34.4 Å². The molecule has 0 unspecified atom stereocenters. The molecule has 2 rings (SSSR count). The summed E-state index contributed by atoms with van der Waals surface area (Å²) in [5, 5.41) is 29.9. The Hall–Kier alpha value is -2.83. The Balaban J connectivity index is 2.96.